The molecule has 10 heavy (non-hydrogen) atoms. The molecule has 1 aromatic rings. The highest BCUT2D eigenvalue weighted by molar-refractivity contribution is 9.10. The van der Waals surface area contributed by atoms with Gasteiger partial charge in [-0.05, 0) is 15.9 Å². The van der Waals surface area contributed by atoms with Gasteiger partial charge in [0.15, 0.2) is 0 Å². The average Bonchev–Trinajstić information content (AvgIpc) is 2.11. The van der Waals surface area contributed by atoms with E-state index in [9.17, 15) is 8.42 Å². The molecule has 0 aliphatic carbocycles. The van der Waals surface area contributed by atoms with E-state index in [1.54, 1.807) is 0 Å². The van der Waals surface area contributed by atoms with Crippen LogP contribution >= 0.6 is 15.9 Å². The van der Waals surface area contributed by atoms with Crippen LogP contribution in [-0.4, -0.2) is 22.2 Å². The summed E-state index contributed by atoms with van der Waals surface area (Å²) >= 11 is 2.97. The molecule has 0 aliphatic rings. The minimum Gasteiger partial charge on any atom is -0.268 e. The molecule has 0 fully saturated rings. The molecule has 1 aromatic heterocycles. The molecule has 5 nitrogen and oxygen atoms in total. The molecule has 56 valence electrons. The Morgan fingerprint density at radius 1 is 1.70 bits per heavy atom. The Morgan fingerprint density at radius 3 is 2.50 bits per heavy atom. The number of hydrogen-bond acceptors (Lipinski definition) is 3. The van der Waals surface area contributed by atoms with Crippen LogP contribution in [0, 0.1) is 0 Å². The van der Waals surface area contributed by atoms with Crippen molar-refractivity contribution < 1.29 is 13.0 Å². The first-order chi connectivity index (χ1) is 4.50. The fourth-order valence-corrected chi connectivity index (χ4v) is 1.24. The first-order valence-electron chi connectivity index (χ1n) is 2.18. The molecule has 0 bridgehead atoms. The van der Waals surface area contributed by atoms with Crippen LogP contribution in [0.15, 0.2) is 16.9 Å². The van der Waals surface area contributed by atoms with Crippen LogP contribution in [0.25, 0.3) is 0 Å². The van der Waals surface area contributed by atoms with Crippen LogP contribution in [-0.2, 0) is 10.3 Å². The highest BCUT2D eigenvalue weighted by atomic mass is 79.9. The Labute approximate surface area is 65.7 Å². The zero-order valence-corrected chi connectivity index (χ0v) is 7.00. The van der Waals surface area contributed by atoms with Crippen molar-refractivity contribution >= 4 is 26.2 Å². The predicted molar refractivity (Wildman–Crippen MR) is 36.9 cm³/mol. The molecule has 0 saturated heterocycles. The number of aromatic nitrogens is 2. The molecule has 7 heteroatoms. The number of nitrogens with zero attached hydrogens (tertiary/aromatic N) is 2. The number of hydrogen-bond donors (Lipinski definition) is 1. The van der Waals surface area contributed by atoms with Crippen molar-refractivity contribution in [3.63, 3.8) is 0 Å². The van der Waals surface area contributed by atoms with Crippen LogP contribution in [0.3, 0.4) is 0 Å². The molecular formula is C3H3BrN2O3S. The normalized spacial score (nSPS) is 11.8. The zero-order chi connectivity index (χ0) is 7.78. The van der Waals surface area contributed by atoms with Gasteiger partial charge in [0, 0.05) is 0 Å². The molecule has 0 saturated carbocycles. The van der Waals surface area contributed by atoms with Crippen molar-refractivity contribution in [3.8, 4) is 0 Å². The zero-order valence-electron chi connectivity index (χ0n) is 4.60. The van der Waals surface area contributed by atoms with Gasteiger partial charge in [-0.3, -0.25) is 4.55 Å². The van der Waals surface area contributed by atoms with Crippen molar-refractivity contribution in [2.45, 2.75) is 0 Å². The second-order valence-electron chi connectivity index (χ2n) is 1.51. The largest absolute Gasteiger partial charge is 0.379 e. The van der Waals surface area contributed by atoms with Gasteiger partial charge in [-0.25, -0.2) is 0 Å². The highest BCUT2D eigenvalue weighted by Gasteiger charge is 2.07. The van der Waals surface area contributed by atoms with E-state index in [2.05, 4.69) is 21.0 Å². The van der Waals surface area contributed by atoms with Crippen molar-refractivity contribution in [3.05, 3.63) is 16.9 Å². The van der Waals surface area contributed by atoms with Gasteiger partial charge >= 0.3 is 10.3 Å². The lowest BCUT2D eigenvalue weighted by Gasteiger charge is -1.90. The molecule has 0 unspecified atom stereocenters. The van der Waals surface area contributed by atoms with Gasteiger partial charge < -0.3 is 0 Å². The van der Waals surface area contributed by atoms with E-state index >= 15 is 0 Å². The van der Waals surface area contributed by atoms with E-state index in [-0.39, 0.29) is 0 Å². The molecular weight excluding hydrogens is 224 g/mol. The summed E-state index contributed by atoms with van der Waals surface area (Å²) in [6.45, 7) is 0. The molecule has 1 heterocycles. The lowest BCUT2D eigenvalue weighted by molar-refractivity contribution is 0.465. The lowest BCUT2D eigenvalue weighted by atomic mass is 10.8. The third-order valence-electron chi connectivity index (χ3n) is 0.765. The molecule has 0 radical (unpaired) electrons. The van der Waals surface area contributed by atoms with Crippen molar-refractivity contribution in [2.24, 2.45) is 0 Å². The third kappa shape index (κ3) is 1.55. The lowest BCUT2D eigenvalue weighted by Crippen LogP contribution is -2.10. The Kier molecular flexibility index (Phi) is 1.80. The standard InChI is InChI=1S/C3H3BrN2O3S/c4-3-1-5-6(2-3)10(7,8)9/h1-2H,(H,7,8,9). The average molecular weight is 227 g/mol. The van der Waals surface area contributed by atoms with Gasteiger partial charge in [0.05, 0.1) is 16.9 Å². The fraction of sp³-hybridized carbons (Fsp3) is 0. The predicted octanol–water partition coefficient (Wildman–Crippen LogP) is 0.296. The molecule has 0 amide bonds. The summed E-state index contributed by atoms with van der Waals surface area (Å²) in [5.74, 6) is 0. The van der Waals surface area contributed by atoms with Crippen LogP contribution < -0.4 is 0 Å². The van der Waals surface area contributed by atoms with Gasteiger partial charge in [0.2, 0.25) is 0 Å². The highest BCUT2D eigenvalue weighted by Crippen LogP contribution is 2.06. The summed E-state index contributed by atoms with van der Waals surface area (Å²) in [6, 6.07) is 0. The van der Waals surface area contributed by atoms with Gasteiger partial charge in [-0.1, -0.05) is 0 Å². The number of rotatable bonds is 1. The third-order valence-corrected chi connectivity index (χ3v) is 1.85. The first kappa shape index (κ1) is 7.70. The maximum Gasteiger partial charge on any atom is 0.379 e. The molecule has 1 N–H and O–H groups in total. The summed E-state index contributed by atoms with van der Waals surface area (Å²) in [5, 5.41) is 3.32. The summed E-state index contributed by atoms with van der Waals surface area (Å²) in [5.41, 5.74) is 0. The quantitative estimate of drug-likeness (QED) is 0.700. The Balaban J connectivity index is 3.21. The summed E-state index contributed by atoms with van der Waals surface area (Å²) in [7, 11) is -4.21. The van der Waals surface area contributed by atoms with E-state index < -0.39 is 10.3 Å². The van der Waals surface area contributed by atoms with E-state index in [1.165, 1.54) is 6.20 Å². The Hall–Kier alpha value is -0.400. The van der Waals surface area contributed by atoms with Crippen LogP contribution in [0.2, 0.25) is 0 Å². The van der Waals surface area contributed by atoms with Gasteiger partial charge in [-0.15, -0.1) is 4.09 Å². The van der Waals surface area contributed by atoms with Crippen molar-refractivity contribution in [1.82, 2.24) is 9.19 Å². The maximum absolute atomic E-state index is 10.3. The Bertz CT molecular complexity index is 329. The SMILES string of the molecule is O=S(=O)(O)n1cc(Br)cn1. The first-order valence-corrected chi connectivity index (χ1v) is 4.37. The molecule has 0 aliphatic heterocycles. The molecule has 0 aromatic carbocycles. The monoisotopic (exact) mass is 226 g/mol. The maximum atomic E-state index is 10.3. The Morgan fingerprint density at radius 2 is 2.30 bits per heavy atom. The van der Waals surface area contributed by atoms with Gasteiger partial charge in [0.1, 0.15) is 0 Å². The summed E-state index contributed by atoms with van der Waals surface area (Å²) < 4.78 is 29.9. The molecule has 0 spiro atoms. The smallest absolute Gasteiger partial charge is 0.268 e. The van der Waals surface area contributed by atoms with Crippen LogP contribution in [0.5, 0.6) is 0 Å². The van der Waals surface area contributed by atoms with Gasteiger partial charge in [-0.2, -0.15) is 13.5 Å². The van der Waals surface area contributed by atoms with E-state index in [4.69, 9.17) is 4.55 Å². The van der Waals surface area contributed by atoms with Crippen molar-refractivity contribution in [2.75, 3.05) is 0 Å². The minimum absolute atomic E-state index is 0.455. The fourth-order valence-electron chi connectivity index (χ4n) is 0.410. The van der Waals surface area contributed by atoms with Crippen LogP contribution in [0.4, 0.5) is 0 Å². The number of halogens is 1. The second-order valence-corrected chi connectivity index (χ2v) is 3.69. The van der Waals surface area contributed by atoms with Gasteiger partial charge in [0.25, 0.3) is 0 Å². The minimum atomic E-state index is -4.21. The van der Waals surface area contributed by atoms with Crippen molar-refractivity contribution in [1.29, 1.82) is 0 Å². The van der Waals surface area contributed by atoms with E-state index in [0.29, 0.717) is 8.56 Å². The molecule has 0 atom stereocenters. The summed E-state index contributed by atoms with van der Waals surface area (Å²) in [6.07, 6.45) is 2.39. The molecule has 1 rings (SSSR count). The van der Waals surface area contributed by atoms with E-state index in [1.807, 2.05) is 0 Å². The van der Waals surface area contributed by atoms with E-state index in [0.717, 1.165) is 6.20 Å². The second kappa shape index (κ2) is 2.33. The topological polar surface area (TPSA) is 72.2 Å². The summed E-state index contributed by atoms with van der Waals surface area (Å²) in [4.78, 5) is 0. The van der Waals surface area contributed by atoms with Crippen LogP contribution in [0.1, 0.15) is 0 Å².